The van der Waals surface area contributed by atoms with Gasteiger partial charge in [-0.1, -0.05) is 87.3 Å². The molecule has 0 N–H and O–H groups in total. The molecule has 2 nitrogen and oxygen atoms in total. The number of benzene rings is 2. The highest BCUT2D eigenvalue weighted by Crippen LogP contribution is 2.61. The minimum atomic E-state index is 0.254. The Morgan fingerprint density at radius 3 is 2.10 bits per heavy atom. The van der Waals surface area contributed by atoms with E-state index in [-0.39, 0.29) is 8.65 Å². The van der Waals surface area contributed by atoms with Crippen LogP contribution < -0.4 is 0 Å². The maximum absolute atomic E-state index is 7.32. The summed E-state index contributed by atoms with van der Waals surface area (Å²) in [5.41, 5.74) is 5.98. The average Bonchev–Trinajstić information content (AvgIpc) is 3.68. The molecular weight excluding hydrogens is 500 g/mol. The van der Waals surface area contributed by atoms with Gasteiger partial charge in [-0.25, -0.2) is 0 Å². The van der Waals surface area contributed by atoms with Crippen molar-refractivity contribution in [3.63, 3.8) is 0 Å². The topological polar surface area (TPSA) is 27.0 Å². The normalized spacial score (nSPS) is 17.6. The molecule has 0 atom stereocenters. The lowest BCUT2D eigenvalue weighted by atomic mass is 9.95. The maximum atomic E-state index is 7.32. The quantitative estimate of drug-likeness (QED) is 0.314. The fraction of sp³-hybridized carbons (Fsp3) is 0.500. The molecule has 0 heterocycles. The van der Waals surface area contributed by atoms with E-state index in [4.69, 9.17) is 5.26 Å². The van der Waals surface area contributed by atoms with Crippen LogP contribution >= 0.6 is 31.9 Å². The lowest BCUT2D eigenvalue weighted by molar-refractivity contribution is 0.276. The molecule has 2 aromatic rings. The maximum Gasteiger partial charge on any atom is 0.0587 e. The van der Waals surface area contributed by atoms with Crippen molar-refractivity contribution in [3.8, 4) is 6.07 Å². The third kappa shape index (κ3) is 6.19. The van der Waals surface area contributed by atoms with E-state index < -0.39 is 0 Å². The molecule has 0 saturated heterocycles. The fourth-order valence-corrected chi connectivity index (χ4v) is 5.03. The van der Waals surface area contributed by atoms with E-state index in [2.05, 4.69) is 92.2 Å². The first-order chi connectivity index (χ1) is 14.4. The van der Waals surface area contributed by atoms with Crippen LogP contribution in [0.15, 0.2) is 48.5 Å². The third-order valence-electron chi connectivity index (χ3n) is 6.06. The van der Waals surface area contributed by atoms with Crippen molar-refractivity contribution in [3.05, 3.63) is 70.8 Å². The van der Waals surface area contributed by atoms with Crippen molar-refractivity contribution in [2.45, 2.75) is 67.6 Å². The zero-order valence-electron chi connectivity index (χ0n) is 18.1. The molecule has 30 heavy (non-hydrogen) atoms. The summed E-state index contributed by atoms with van der Waals surface area (Å²) < 4.78 is 0.517. The molecule has 0 spiro atoms. The van der Waals surface area contributed by atoms with Crippen molar-refractivity contribution < 1.29 is 0 Å². The van der Waals surface area contributed by atoms with Gasteiger partial charge in [0.2, 0.25) is 0 Å². The molecule has 0 amide bonds. The van der Waals surface area contributed by atoms with Crippen LogP contribution in [0.2, 0.25) is 0 Å². The lowest BCUT2D eigenvalue weighted by Gasteiger charge is -2.21. The van der Waals surface area contributed by atoms with E-state index in [0.29, 0.717) is 0 Å². The Morgan fingerprint density at radius 1 is 0.933 bits per heavy atom. The highest BCUT2D eigenvalue weighted by Gasteiger charge is 2.49. The Kier molecular flexibility index (Phi) is 8.18. The zero-order valence-corrected chi connectivity index (χ0v) is 21.3. The van der Waals surface area contributed by atoms with Gasteiger partial charge < -0.3 is 0 Å². The lowest BCUT2D eigenvalue weighted by Crippen LogP contribution is -2.24. The average molecular weight is 532 g/mol. The predicted molar refractivity (Wildman–Crippen MR) is 133 cm³/mol. The molecule has 0 bridgehead atoms. The van der Waals surface area contributed by atoms with Crippen molar-refractivity contribution in [2.75, 3.05) is 13.1 Å². The third-order valence-corrected chi connectivity index (χ3v) is 8.50. The first-order valence-electron chi connectivity index (χ1n) is 11.0. The van der Waals surface area contributed by atoms with Gasteiger partial charge in [0.25, 0.3) is 0 Å². The van der Waals surface area contributed by atoms with Crippen LogP contribution in [0.3, 0.4) is 0 Å². The number of aryl methyl sites for hydroxylation is 1. The molecule has 4 heteroatoms. The zero-order chi connectivity index (χ0) is 21.6. The summed E-state index contributed by atoms with van der Waals surface area (Å²) in [7, 11) is 0. The molecule has 2 saturated carbocycles. The van der Waals surface area contributed by atoms with Crippen LogP contribution in [0.1, 0.15) is 68.2 Å². The molecule has 0 unspecified atom stereocenters. The Hall–Kier alpha value is -1.15. The van der Waals surface area contributed by atoms with Gasteiger partial charge in [-0.2, -0.15) is 5.26 Å². The van der Waals surface area contributed by atoms with E-state index >= 15 is 0 Å². The van der Waals surface area contributed by atoms with E-state index in [0.717, 1.165) is 26.1 Å². The summed E-state index contributed by atoms with van der Waals surface area (Å²) in [6.07, 6.45) is 7.46. The predicted octanol–water partition coefficient (Wildman–Crippen LogP) is 7.44. The Morgan fingerprint density at radius 2 is 1.53 bits per heavy atom. The molecule has 160 valence electrons. The summed E-state index contributed by atoms with van der Waals surface area (Å²) >= 11 is 7.99. The number of hydrogen-bond acceptors (Lipinski definition) is 2. The monoisotopic (exact) mass is 530 g/mol. The number of hydrogen-bond donors (Lipinski definition) is 0. The van der Waals surface area contributed by atoms with Gasteiger partial charge in [-0.3, -0.25) is 4.90 Å². The van der Waals surface area contributed by atoms with Crippen LogP contribution in [0.4, 0.5) is 0 Å². The van der Waals surface area contributed by atoms with Crippen LogP contribution in [0.25, 0.3) is 0 Å². The Bertz CT molecular complexity index is 864. The minimum absolute atomic E-state index is 0.254. The second kappa shape index (κ2) is 10.4. The standard InChI is InChI=1S/C24H29Br2N.C2H3N/c1-2-27(18-20-7-4-3-5-8-20)16-6-9-19-10-11-21(23(25)12-13-23)22(17-19)24(26)14-15-24;1-2-3/h3-5,7-8,10-11,17H,2,6,9,12-16,18H2,1H3;1H3. The summed E-state index contributed by atoms with van der Waals surface area (Å²) in [6, 6.07) is 19.8. The molecule has 0 aromatic heterocycles. The number of halogens is 2. The highest BCUT2D eigenvalue weighted by molar-refractivity contribution is 9.10. The second-order valence-corrected chi connectivity index (χ2v) is 11.5. The van der Waals surface area contributed by atoms with E-state index in [1.807, 2.05) is 0 Å². The number of rotatable bonds is 9. The van der Waals surface area contributed by atoms with Crippen molar-refractivity contribution in [2.24, 2.45) is 0 Å². The van der Waals surface area contributed by atoms with Gasteiger partial charge in [-0.05, 0) is 73.9 Å². The largest absolute Gasteiger partial charge is 0.299 e. The first-order valence-corrected chi connectivity index (χ1v) is 12.6. The molecule has 0 radical (unpaired) electrons. The molecule has 0 aliphatic heterocycles. The van der Waals surface area contributed by atoms with E-state index in [1.165, 1.54) is 55.7 Å². The summed E-state index contributed by atoms with van der Waals surface area (Å²) in [5, 5.41) is 7.32. The van der Waals surface area contributed by atoms with Gasteiger partial charge in [-0.15, -0.1) is 0 Å². The first kappa shape index (κ1) is 23.5. The molecule has 2 fully saturated rings. The fourth-order valence-electron chi connectivity index (χ4n) is 3.96. The smallest absolute Gasteiger partial charge is 0.0587 e. The number of alkyl halides is 2. The summed E-state index contributed by atoms with van der Waals surface area (Å²) in [4.78, 5) is 2.55. The van der Waals surface area contributed by atoms with Crippen LogP contribution in [-0.4, -0.2) is 18.0 Å². The molecule has 4 rings (SSSR count). The van der Waals surface area contributed by atoms with Gasteiger partial charge in [0.15, 0.2) is 0 Å². The van der Waals surface area contributed by atoms with Crippen LogP contribution in [0, 0.1) is 11.3 Å². The van der Waals surface area contributed by atoms with Crippen LogP contribution in [0.5, 0.6) is 0 Å². The van der Waals surface area contributed by atoms with Gasteiger partial charge in [0.1, 0.15) is 0 Å². The van der Waals surface area contributed by atoms with Gasteiger partial charge >= 0.3 is 0 Å². The molecule has 2 aromatic carbocycles. The molecular formula is C26H32Br2N2. The molecule has 2 aliphatic rings. The second-order valence-electron chi connectivity index (χ2n) is 8.49. The van der Waals surface area contributed by atoms with Gasteiger partial charge in [0.05, 0.1) is 14.7 Å². The van der Waals surface area contributed by atoms with Crippen molar-refractivity contribution >= 4 is 31.9 Å². The summed E-state index contributed by atoms with van der Waals surface area (Å²) in [6.45, 7) is 7.01. The van der Waals surface area contributed by atoms with Gasteiger partial charge in [0, 0.05) is 13.5 Å². The number of nitriles is 1. The van der Waals surface area contributed by atoms with E-state index in [9.17, 15) is 0 Å². The van der Waals surface area contributed by atoms with E-state index in [1.54, 1.807) is 11.6 Å². The summed E-state index contributed by atoms with van der Waals surface area (Å²) in [5.74, 6) is 0. The Balaban J connectivity index is 0.000000806. The van der Waals surface area contributed by atoms with Crippen molar-refractivity contribution in [1.29, 1.82) is 5.26 Å². The van der Waals surface area contributed by atoms with Crippen LogP contribution in [-0.2, 0) is 21.6 Å². The number of nitrogens with zero attached hydrogens (tertiary/aromatic N) is 2. The minimum Gasteiger partial charge on any atom is -0.299 e. The highest BCUT2D eigenvalue weighted by atomic mass is 79.9. The van der Waals surface area contributed by atoms with Crippen molar-refractivity contribution in [1.82, 2.24) is 4.90 Å². The molecule has 2 aliphatic carbocycles. The Labute approximate surface area is 198 Å². The SMILES string of the molecule is CC#N.CCN(CCCc1ccc(C2(Br)CC2)c(C2(Br)CC2)c1)Cc1ccccc1.